The molecule has 0 spiro atoms. The van der Waals surface area contributed by atoms with Crippen LogP contribution in [0.3, 0.4) is 0 Å². The number of fused-ring (bicyclic) bond motifs is 3. The van der Waals surface area contributed by atoms with Crippen LogP contribution in [0.1, 0.15) is 51.7 Å². The molecule has 1 aliphatic carbocycles. The van der Waals surface area contributed by atoms with Gasteiger partial charge in [-0.2, -0.15) is 0 Å². The summed E-state index contributed by atoms with van der Waals surface area (Å²) in [5.41, 5.74) is 3.94. The fraction of sp³-hybridized carbons (Fsp3) is 0.455. The van der Waals surface area contributed by atoms with Crippen molar-refractivity contribution in [1.82, 2.24) is 5.32 Å². The summed E-state index contributed by atoms with van der Waals surface area (Å²) < 4.78 is 38.3. The lowest BCUT2D eigenvalue weighted by Crippen LogP contribution is -2.64. The zero-order valence-electron chi connectivity index (χ0n) is 26.9. The highest BCUT2D eigenvalue weighted by molar-refractivity contribution is 5.81. The van der Waals surface area contributed by atoms with Crippen LogP contribution in [0, 0.1) is 0 Å². The Morgan fingerprint density at radius 3 is 1.77 bits per heavy atom. The first kappa shape index (κ1) is 35.8. The normalized spacial score (nSPS) is 22.6. The molecule has 15 nitrogen and oxygen atoms in total. The van der Waals surface area contributed by atoms with E-state index in [0.29, 0.717) is 0 Å². The van der Waals surface area contributed by atoms with E-state index in [4.69, 9.17) is 33.2 Å². The zero-order chi connectivity index (χ0) is 35.1. The fourth-order valence-corrected chi connectivity index (χ4v) is 5.74. The first-order chi connectivity index (χ1) is 22.8. The van der Waals surface area contributed by atoms with Gasteiger partial charge in [0, 0.05) is 33.6 Å². The number of rotatable bonds is 12. The molecule has 0 unspecified atom stereocenters. The predicted octanol–water partition coefficient (Wildman–Crippen LogP) is 2.47. The number of esters is 4. The van der Waals surface area contributed by atoms with E-state index in [-0.39, 0.29) is 12.5 Å². The third-order valence-electron chi connectivity index (χ3n) is 7.65. The quantitative estimate of drug-likeness (QED) is 0.246. The number of ether oxygens (including phenoxy) is 7. The zero-order valence-corrected chi connectivity index (χ0v) is 26.9. The molecule has 15 heteroatoms. The van der Waals surface area contributed by atoms with Gasteiger partial charge in [0.15, 0.2) is 30.6 Å². The molecule has 1 saturated heterocycles. The van der Waals surface area contributed by atoms with Gasteiger partial charge in [-0.05, 0) is 29.2 Å². The number of amides is 1. The van der Waals surface area contributed by atoms with Crippen molar-refractivity contribution in [2.24, 2.45) is 0 Å². The third kappa shape index (κ3) is 8.66. The molecule has 258 valence electrons. The first-order valence-electron chi connectivity index (χ1n) is 15.1. The van der Waals surface area contributed by atoms with Crippen molar-refractivity contribution in [3.05, 3.63) is 59.7 Å². The number of hydrogen-bond donors (Lipinski definition) is 2. The lowest BCUT2D eigenvalue weighted by molar-refractivity contribution is -0.316. The highest BCUT2D eigenvalue weighted by Crippen LogP contribution is 2.44. The Morgan fingerprint density at radius 2 is 1.25 bits per heavy atom. The van der Waals surface area contributed by atoms with E-state index in [0.717, 1.165) is 49.9 Å². The van der Waals surface area contributed by atoms with Gasteiger partial charge >= 0.3 is 35.9 Å². The third-order valence-corrected chi connectivity index (χ3v) is 7.65. The predicted molar refractivity (Wildman–Crippen MR) is 162 cm³/mol. The lowest BCUT2D eigenvalue weighted by atomic mass is 9.98. The van der Waals surface area contributed by atoms with Crippen molar-refractivity contribution < 1.29 is 67.0 Å². The van der Waals surface area contributed by atoms with Gasteiger partial charge in [0.1, 0.15) is 19.3 Å². The van der Waals surface area contributed by atoms with Crippen molar-refractivity contribution in [3.63, 3.8) is 0 Å². The number of carboxylic acid groups (broad SMARTS) is 1. The summed E-state index contributed by atoms with van der Waals surface area (Å²) in [6, 6.07) is 13.7. The number of benzene rings is 2. The molecular formula is C33H37NO14. The monoisotopic (exact) mass is 671 g/mol. The van der Waals surface area contributed by atoms with Gasteiger partial charge in [-0.15, -0.1) is 0 Å². The van der Waals surface area contributed by atoms with Gasteiger partial charge in [0.25, 0.3) is 0 Å². The maximum atomic E-state index is 13.0. The number of carbonyl (C=O) groups is 6. The molecule has 1 aliphatic heterocycles. The number of carboxylic acids is 1. The Bertz CT molecular complexity index is 1500. The molecule has 48 heavy (non-hydrogen) atoms. The second-order valence-electron chi connectivity index (χ2n) is 11.2. The lowest BCUT2D eigenvalue weighted by Gasteiger charge is -2.44. The van der Waals surface area contributed by atoms with Crippen LogP contribution in [0.25, 0.3) is 11.1 Å². The average molecular weight is 672 g/mol. The maximum Gasteiger partial charge on any atom is 0.407 e. The summed E-state index contributed by atoms with van der Waals surface area (Å²) in [5, 5.41) is 12.3. The van der Waals surface area contributed by atoms with E-state index < -0.39 is 85.4 Å². The van der Waals surface area contributed by atoms with Gasteiger partial charge in [-0.1, -0.05) is 48.5 Å². The SMILES string of the molecule is CC(=O)OC[C@@H]1O[C@@H](O[C@@H](C)[C@H](NC(=O)OCC2c3ccccc3-c3ccccc32)C(=O)O)[C@@H](OC(C)=O)[C@@H](OC(C)=O)[C@@H]1OC(C)=O. The molecule has 2 aromatic carbocycles. The molecule has 2 N–H and O–H groups in total. The minimum absolute atomic E-state index is 0.0822. The summed E-state index contributed by atoms with van der Waals surface area (Å²) in [4.78, 5) is 73.0. The van der Waals surface area contributed by atoms with Crippen LogP contribution < -0.4 is 5.32 Å². The van der Waals surface area contributed by atoms with Gasteiger partial charge in [-0.3, -0.25) is 19.2 Å². The topological polar surface area (TPSA) is 199 Å². The van der Waals surface area contributed by atoms with E-state index >= 15 is 0 Å². The molecular weight excluding hydrogens is 634 g/mol. The van der Waals surface area contributed by atoms with E-state index in [1.807, 2.05) is 48.5 Å². The number of carbonyl (C=O) groups excluding carboxylic acids is 5. The van der Waals surface area contributed by atoms with Gasteiger partial charge < -0.3 is 43.6 Å². The van der Waals surface area contributed by atoms with Crippen molar-refractivity contribution >= 4 is 35.9 Å². The molecule has 0 aromatic heterocycles. The minimum atomic E-state index is -1.72. The second-order valence-corrected chi connectivity index (χ2v) is 11.2. The Morgan fingerprint density at radius 1 is 0.729 bits per heavy atom. The average Bonchev–Trinajstić information content (AvgIpc) is 3.33. The van der Waals surface area contributed by atoms with Crippen LogP contribution in [-0.2, 0) is 57.1 Å². The van der Waals surface area contributed by atoms with Crippen LogP contribution in [-0.4, -0.2) is 97.1 Å². The fourth-order valence-electron chi connectivity index (χ4n) is 5.74. The second kappa shape index (κ2) is 15.7. The van der Waals surface area contributed by atoms with Crippen molar-refractivity contribution in [2.75, 3.05) is 13.2 Å². The minimum Gasteiger partial charge on any atom is -0.480 e. The smallest absolute Gasteiger partial charge is 0.407 e. The van der Waals surface area contributed by atoms with Crippen LogP contribution in [0.15, 0.2) is 48.5 Å². The van der Waals surface area contributed by atoms with Crippen molar-refractivity contribution in [2.45, 2.75) is 83.4 Å². The first-order valence-corrected chi connectivity index (χ1v) is 15.1. The van der Waals surface area contributed by atoms with Gasteiger partial charge in [0.05, 0.1) is 6.10 Å². The number of aliphatic carboxylic acids is 1. The van der Waals surface area contributed by atoms with Gasteiger partial charge in [-0.25, -0.2) is 9.59 Å². The molecule has 7 atom stereocenters. The Kier molecular flexibility index (Phi) is 11.7. The summed E-state index contributed by atoms with van der Waals surface area (Å²) >= 11 is 0. The highest BCUT2D eigenvalue weighted by Gasteiger charge is 2.53. The molecule has 2 aliphatic rings. The Balaban J connectivity index is 1.52. The van der Waals surface area contributed by atoms with E-state index in [1.54, 1.807) is 0 Å². The summed E-state index contributed by atoms with van der Waals surface area (Å²) in [6.45, 7) is 5.02. The van der Waals surface area contributed by atoms with E-state index in [2.05, 4.69) is 5.32 Å². The van der Waals surface area contributed by atoms with Crippen LogP contribution >= 0.6 is 0 Å². The highest BCUT2D eigenvalue weighted by atomic mass is 16.7. The van der Waals surface area contributed by atoms with Crippen LogP contribution in [0.4, 0.5) is 4.79 Å². The molecule has 0 radical (unpaired) electrons. The number of alkyl carbamates (subject to hydrolysis) is 1. The number of hydrogen-bond acceptors (Lipinski definition) is 13. The standard InChI is InChI=1S/C33H37NO14/c1-16(27(31(39)40)34-33(41)43-14-25-23-12-8-6-10-21(23)22-11-7-9-13-24(22)25)44-32-30(47-20(5)38)29(46-19(4)37)28(45-18(3)36)26(48-32)15-42-17(2)35/h6-13,16,25-30,32H,14-15H2,1-5H3,(H,34,41)(H,39,40)/t16-,26-,27-,28+,29-,30-,32+/m0/s1. The molecule has 2 aromatic rings. The molecule has 1 amide bonds. The van der Waals surface area contributed by atoms with Gasteiger partial charge in [0.2, 0.25) is 0 Å². The Hall–Kier alpha value is -5.02. The molecule has 1 fully saturated rings. The molecule has 0 bridgehead atoms. The van der Waals surface area contributed by atoms with E-state index in [1.165, 1.54) is 6.92 Å². The largest absolute Gasteiger partial charge is 0.480 e. The van der Waals surface area contributed by atoms with Crippen molar-refractivity contribution in [3.8, 4) is 11.1 Å². The van der Waals surface area contributed by atoms with Crippen LogP contribution in [0.5, 0.6) is 0 Å². The molecule has 4 rings (SSSR count). The summed E-state index contributed by atoms with van der Waals surface area (Å²) in [6.07, 6.45) is -9.95. The Labute approximate surface area is 275 Å². The maximum absolute atomic E-state index is 13.0. The van der Waals surface area contributed by atoms with Crippen LogP contribution in [0.2, 0.25) is 0 Å². The summed E-state index contributed by atoms with van der Waals surface area (Å²) in [7, 11) is 0. The molecule has 1 heterocycles. The number of nitrogens with one attached hydrogen (secondary N) is 1. The van der Waals surface area contributed by atoms with Crippen molar-refractivity contribution in [1.29, 1.82) is 0 Å². The van der Waals surface area contributed by atoms with E-state index in [9.17, 15) is 33.9 Å². The molecule has 0 saturated carbocycles. The summed E-state index contributed by atoms with van der Waals surface area (Å²) in [5.74, 6) is -5.03.